The fourth-order valence-corrected chi connectivity index (χ4v) is 5.77. The quantitative estimate of drug-likeness (QED) is 0.256. The van der Waals surface area contributed by atoms with Gasteiger partial charge in [-0.2, -0.15) is 79.0 Å². The van der Waals surface area contributed by atoms with Crippen molar-refractivity contribution in [1.29, 1.82) is 0 Å². The van der Waals surface area contributed by atoms with E-state index in [1.54, 1.807) is 0 Å². The van der Waals surface area contributed by atoms with Gasteiger partial charge in [-0.15, -0.1) is 0 Å². The number of rotatable bonds is 6. The predicted octanol–water partition coefficient (Wildman–Crippen LogP) is 0.179. The summed E-state index contributed by atoms with van der Waals surface area (Å²) in [5.74, 6) is 0. The summed E-state index contributed by atoms with van der Waals surface area (Å²) >= 11 is 0. The molecule has 0 aliphatic heterocycles. The Morgan fingerprint density at radius 2 is 0.319 bits per heavy atom. The third kappa shape index (κ3) is 16.9. The summed E-state index contributed by atoms with van der Waals surface area (Å²) < 4.78 is 328. The van der Waals surface area contributed by atoms with Gasteiger partial charge in [0.2, 0.25) is 0 Å². The molecule has 276 valence electrons. The topological polar surface area (TPSA) is 247 Å². The first-order valence-corrected chi connectivity index (χ1v) is 16.4. The van der Waals surface area contributed by atoms with Gasteiger partial charge in [0.05, 0.1) is 0 Å². The molecule has 0 amide bonds. The van der Waals surface area contributed by atoms with E-state index in [0.717, 1.165) is 12.4 Å². The summed E-state index contributed by atoms with van der Waals surface area (Å²) in [5.41, 5.74) is -37.2. The molecular weight excluding hydrogens is 913 g/mol. The molecular formula is C6F18LiN3O12S6Zn. The van der Waals surface area contributed by atoms with Crippen LogP contribution in [0.3, 0.4) is 0 Å². The van der Waals surface area contributed by atoms with E-state index in [1.165, 1.54) is 0 Å². The monoisotopic (exact) mass is 911 g/mol. The minimum absolute atomic E-state index is 0. The molecule has 0 aliphatic rings. The Morgan fingerprint density at radius 1 is 0.255 bits per heavy atom. The SMILES string of the molecule is O=S(=O)([N-]S(=O)(=O)C(F)(F)F)C(F)(F)F.O=S(=O)([N-]S(=O)(=O)C(F)(F)F)C(F)(F)F.O=S(=O)([N-]S(=O)(=O)C(F)(F)F)C(F)(F)F.[Li+].[Zn+2]. The molecule has 0 N–H and O–H groups in total. The van der Waals surface area contributed by atoms with E-state index in [0.29, 0.717) is 0 Å². The van der Waals surface area contributed by atoms with E-state index in [9.17, 15) is 130 Å². The Kier molecular flexibility index (Phi) is 19.4. The standard InChI is InChI=1S/3C2F6NO4S2.Li.Zn/c3*3-1(4,5)14(10,11)9-15(12,13)2(6,7)8;;/q3*-1;+1;+2. The average molecular weight is 913 g/mol. The zero-order valence-corrected chi connectivity index (χ0v) is 28.1. The molecule has 41 heteroatoms. The smallest absolute Gasteiger partial charge is 0.421 e. The molecule has 47 heavy (non-hydrogen) atoms. The van der Waals surface area contributed by atoms with Crippen molar-refractivity contribution in [3.05, 3.63) is 12.4 Å². The van der Waals surface area contributed by atoms with Crippen molar-refractivity contribution in [2.24, 2.45) is 0 Å². The van der Waals surface area contributed by atoms with Crippen LogP contribution in [0.1, 0.15) is 0 Å². The number of alkyl halides is 18. The molecule has 0 bridgehead atoms. The molecule has 0 heterocycles. The summed E-state index contributed by atoms with van der Waals surface area (Å²) in [6.45, 7) is 0. The summed E-state index contributed by atoms with van der Waals surface area (Å²) in [4.78, 5) is 0. The van der Waals surface area contributed by atoms with Crippen LogP contribution in [-0.4, -0.2) is 83.6 Å². The first-order chi connectivity index (χ1) is 18.6. The first-order valence-electron chi connectivity index (χ1n) is 7.72. The molecule has 0 saturated carbocycles. The second-order valence-electron chi connectivity index (χ2n) is 5.75. The van der Waals surface area contributed by atoms with Crippen molar-refractivity contribution in [2.45, 2.75) is 33.0 Å². The van der Waals surface area contributed by atoms with Gasteiger partial charge in [0, 0.05) is 0 Å². The molecule has 0 aromatic rings. The molecule has 0 aliphatic carbocycles. The summed E-state index contributed by atoms with van der Waals surface area (Å²) in [7, 11) is -40.3. The molecule has 0 aromatic heterocycles. The number of nitrogens with zero attached hydrogens (tertiary/aromatic N) is 3. The van der Waals surface area contributed by atoms with Gasteiger partial charge < -0.3 is 12.4 Å². The first kappa shape index (κ1) is 55.9. The molecule has 0 atom stereocenters. The molecule has 0 radical (unpaired) electrons. The minimum atomic E-state index is -6.72. The Labute approximate surface area is 272 Å². The number of halogens is 18. The second kappa shape index (κ2) is 16.3. The fraction of sp³-hybridized carbons (Fsp3) is 1.00. The molecule has 0 rings (SSSR count). The Balaban J connectivity index is -0.000000184. The Hall–Kier alpha value is -0.459. The molecule has 15 nitrogen and oxygen atoms in total. The van der Waals surface area contributed by atoms with Crippen molar-refractivity contribution >= 4 is 60.1 Å². The number of hydrogen-bond acceptors (Lipinski definition) is 12. The maximum absolute atomic E-state index is 11.4. The van der Waals surface area contributed by atoms with Crippen LogP contribution in [0, 0.1) is 0 Å². The zero-order chi connectivity index (χ0) is 38.1. The van der Waals surface area contributed by atoms with Gasteiger partial charge >= 0.3 is 71.4 Å². The maximum atomic E-state index is 11.4. The fourth-order valence-electron chi connectivity index (χ4n) is 0.641. The second-order valence-corrected chi connectivity index (χ2v) is 16.0. The van der Waals surface area contributed by atoms with Crippen LogP contribution in [0.5, 0.6) is 0 Å². The van der Waals surface area contributed by atoms with Crippen LogP contribution in [0.25, 0.3) is 12.4 Å². The van der Waals surface area contributed by atoms with Gasteiger partial charge in [-0.1, -0.05) is 0 Å². The van der Waals surface area contributed by atoms with Gasteiger partial charge in [-0.05, 0) is 0 Å². The predicted molar refractivity (Wildman–Crippen MR) is 99.9 cm³/mol. The van der Waals surface area contributed by atoms with Gasteiger partial charge in [0.1, 0.15) is 0 Å². The van der Waals surface area contributed by atoms with Crippen LogP contribution in [0.4, 0.5) is 79.0 Å². The normalized spacial score (nSPS) is 14.7. The van der Waals surface area contributed by atoms with Crippen LogP contribution >= 0.6 is 0 Å². The van der Waals surface area contributed by atoms with Crippen molar-refractivity contribution in [3.63, 3.8) is 0 Å². The van der Waals surface area contributed by atoms with Crippen LogP contribution in [-0.2, 0) is 79.6 Å². The largest absolute Gasteiger partial charge is 2.00 e. The zero-order valence-electron chi connectivity index (χ0n) is 20.2. The van der Waals surface area contributed by atoms with E-state index < -0.39 is 93.2 Å². The van der Waals surface area contributed by atoms with Crippen LogP contribution in [0.15, 0.2) is 0 Å². The minimum Gasteiger partial charge on any atom is -0.421 e. The molecule has 0 spiro atoms. The maximum Gasteiger partial charge on any atom is 2.00 e. The van der Waals surface area contributed by atoms with Crippen molar-refractivity contribution in [3.8, 4) is 0 Å². The van der Waals surface area contributed by atoms with Gasteiger partial charge in [-0.25, -0.2) is 50.5 Å². The van der Waals surface area contributed by atoms with Crippen molar-refractivity contribution in [1.82, 2.24) is 0 Å². The van der Waals surface area contributed by atoms with Crippen molar-refractivity contribution in [2.75, 3.05) is 0 Å². The van der Waals surface area contributed by atoms with E-state index >= 15 is 0 Å². The molecule has 0 unspecified atom stereocenters. The van der Waals surface area contributed by atoms with E-state index in [2.05, 4.69) is 0 Å². The van der Waals surface area contributed by atoms with E-state index in [1.807, 2.05) is 0 Å². The van der Waals surface area contributed by atoms with Crippen LogP contribution in [0.2, 0.25) is 0 Å². The number of sulfonamides is 6. The van der Waals surface area contributed by atoms with E-state index in [4.69, 9.17) is 0 Å². The van der Waals surface area contributed by atoms with Gasteiger partial charge in [-0.3, -0.25) is 0 Å². The Morgan fingerprint density at radius 3 is 0.362 bits per heavy atom. The molecule has 0 fully saturated rings. The van der Waals surface area contributed by atoms with Crippen LogP contribution < -0.4 is 18.9 Å². The van der Waals surface area contributed by atoms with Crippen molar-refractivity contribution < 1.29 is 168 Å². The van der Waals surface area contributed by atoms with E-state index in [-0.39, 0.29) is 38.3 Å². The summed E-state index contributed by atoms with van der Waals surface area (Å²) in [6.07, 6.45) is 0. The Bertz CT molecular complexity index is 1370. The summed E-state index contributed by atoms with van der Waals surface area (Å²) in [6, 6.07) is 0. The third-order valence-corrected chi connectivity index (χ3v) is 10.6. The molecule has 0 aromatic carbocycles. The number of hydrogen-bond donors (Lipinski definition) is 0. The van der Waals surface area contributed by atoms with Gasteiger partial charge in [0.25, 0.3) is 0 Å². The molecule has 0 saturated heterocycles. The van der Waals surface area contributed by atoms with Gasteiger partial charge in [0.15, 0.2) is 60.1 Å². The summed E-state index contributed by atoms with van der Waals surface area (Å²) in [5, 5.41) is 0. The average Bonchev–Trinajstić information content (AvgIpc) is 2.61. The third-order valence-electron chi connectivity index (χ3n) is 2.34.